The van der Waals surface area contributed by atoms with Crippen molar-refractivity contribution in [1.82, 2.24) is 19.5 Å². The lowest BCUT2D eigenvalue weighted by Gasteiger charge is -2.16. The Bertz CT molecular complexity index is 1030. The first-order valence-electron chi connectivity index (χ1n) is 8.73. The van der Waals surface area contributed by atoms with Crippen LogP contribution in [0, 0.1) is 0 Å². The minimum atomic E-state index is -1.31. The van der Waals surface area contributed by atoms with E-state index in [-0.39, 0.29) is 28.7 Å². The first kappa shape index (κ1) is 19.7. The molecule has 29 heavy (non-hydrogen) atoms. The number of esters is 1. The highest BCUT2D eigenvalue weighted by molar-refractivity contribution is 6.33. The zero-order valence-electron chi connectivity index (χ0n) is 14.9. The highest BCUT2D eigenvalue weighted by atomic mass is 35.5. The number of imidazole rings is 1. The maximum absolute atomic E-state index is 12.1. The number of nitrogens with zero attached hydrogens (tertiary/aromatic N) is 4. The minimum absolute atomic E-state index is 0.0336. The summed E-state index contributed by atoms with van der Waals surface area (Å²) in [4.78, 5) is 24.6. The average molecular weight is 421 g/mol. The van der Waals surface area contributed by atoms with Crippen molar-refractivity contribution in [2.45, 2.75) is 31.1 Å². The molecule has 0 bridgehead atoms. The molecular weight excluding hydrogens is 404 g/mol. The third-order valence-corrected chi connectivity index (χ3v) is 4.82. The summed E-state index contributed by atoms with van der Waals surface area (Å²) < 4.78 is 12.1. The molecule has 0 amide bonds. The Balaban J connectivity index is 1.59. The van der Waals surface area contributed by atoms with Crippen LogP contribution in [0.5, 0.6) is 0 Å². The van der Waals surface area contributed by atoms with E-state index in [9.17, 15) is 20.1 Å². The average Bonchev–Trinajstić information content (AvgIpc) is 3.28. The molecule has 0 saturated carbocycles. The molecule has 1 aromatic carbocycles. The van der Waals surface area contributed by atoms with Crippen LogP contribution in [0.2, 0.25) is 5.15 Å². The van der Waals surface area contributed by atoms with E-state index in [1.807, 2.05) is 0 Å². The zero-order chi connectivity index (χ0) is 20.5. The molecule has 1 aliphatic rings. The van der Waals surface area contributed by atoms with Gasteiger partial charge in [0.2, 0.25) is 0 Å². The number of ether oxygens (including phenoxy) is 2. The molecule has 4 atom stereocenters. The lowest BCUT2D eigenvalue weighted by molar-refractivity contribution is -0.0511. The molecule has 0 spiro atoms. The van der Waals surface area contributed by atoms with Gasteiger partial charge in [-0.25, -0.2) is 19.7 Å². The lowest BCUT2D eigenvalue weighted by Crippen LogP contribution is -2.33. The number of carbonyl (C=O) groups is 1. The molecule has 10 nitrogen and oxygen atoms in total. The van der Waals surface area contributed by atoms with Crippen LogP contribution >= 0.6 is 11.6 Å². The van der Waals surface area contributed by atoms with Gasteiger partial charge >= 0.3 is 5.97 Å². The van der Waals surface area contributed by atoms with Crippen molar-refractivity contribution in [3.05, 3.63) is 53.2 Å². The second-order valence-electron chi connectivity index (χ2n) is 6.43. The van der Waals surface area contributed by atoms with Crippen molar-refractivity contribution in [2.75, 3.05) is 6.61 Å². The fourth-order valence-electron chi connectivity index (χ4n) is 3.07. The van der Waals surface area contributed by atoms with E-state index >= 15 is 0 Å². The number of rotatable bonds is 5. The van der Waals surface area contributed by atoms with Gasteiger partial charge in [-0.1, -0.05) is 29.8 Å². The Labute approximate surface area is 169 Å². The summed E-state index contributed by atoms with van der Waals surface area (Å²) in [5.74, 6) is -0.414. The number of fused-ring (bicyclic) bond motifs is 1. The Morgan fingerprint density at radius 1 is 1.21 bits per heavy atom. The van der Waals surface area contributed by atoms with Gasteiger partial charge in [0.25, 0.3) is 0 Å². The number of benzene rings is 1. The van der Waals surface area contributed by atoms with E-state index in [1.54, 1.807) is 30.3 Å². The molecule has 0 unspecified atom stereocenters. The quantitative estimate of drug-likeness (QED) is 0.396. The molecule has 11 heteroatoms. The largest absolute Gasteiger partial charge is 0.454 e. The van der Waals surface area contributed by atoms with Gasteiger partial charge in [0.1, 0.15) is 23.8 Å². The molecule has 0 radical (unpaired) electrons. The van der Waals surface area contributed by atoms with Crippen LogP contribution in [0.3, 0.4) is 0 Å². The Hall–Kier alpha value is -2.63. The third kappa shape index (κ3) is 3.68. The highest BCUT2D eigenvalue weighted by Gasteiger charge is 2.44. The molecule has 152 valence electrons. The fourth-order valence-corrected chi connectivity index (χ4v) is 3.30. The summed E-state index contributed by atoms with van der Waals surface area (Å²) in [6, 6.07) is 8.46. The number of hydrogen-bond acceptors (Lipinski definition) is 9. The topological polar surface area (TPSA) is 140 Å². The Kier molecular flexibility index (Phi) is 5.43. The first-order chi connectivity index (χ1) is 14.0. The zero-order valence-corrected chi connectivity index (χ0v) is 15.7. The van der Waals surface area contributed by atoms with Crippen LogP contribution in [0.25, 0.3) is 11.2 Å². The van der Waals surface area contributed by atoms with Crippen LogP contribution in [0.15, 0.2) is 36.7 Å². The lowest BCUT2D eigenvalue weighted by atomic mass is 10.1. The van der Waals surface area contributed by atoms with Crippen molar-refractivity contribution in [2.24, 2.45) is 0 Å². The van der Waals surface area contributed by atoms with E-state index in [0.717, 1.165) is 0 Å². The number of aliphatic hydroxyl groups excluding tert-OH is 3. The summed E-state index contributed by atoms with van der Waals surface area (Å²) in [6.07, 6.45) is -3.22. The summed E-state index contributed by atoms with van der Waals surface area (Å²) >= 11 is 6.18. The molecule has 3 heterocycles. The third-order valence-electron chi connectivity index (χ3n) is 4.56. The van der Waals surface area contributed by atoms with Crippen molar-refractivity contribution in [1.29, 1.82) is 0 Å². The van der Waals surface area contributed by atoms with E-state index in [2.05, 4.69) is 15.0 Å². The SMILES string of the molecule is O=C(OCc1nc(Cl)c2ncn([C@@H]3O[C@H](CO)[C@@H](O)[C@H]3O)c2n1)c1ccccc1. The molecule has 0 aliphatic carbocycles. The van der Waals surface area contributed by atoms with Crippen molar-refractivity contribution >= 4 is 28.7 Å². The molecule has 3 aromatic rings. The normalized spacial score (nSPS) is 24.1. The van der Waals surface area contributed by atoms with Gasteiger partial charge in [-0.2, -0.15) is 0 Å². The van der Waals surface area contributed by atoms with Gasteiger partial charge in [-0.15, -0.1) is 0 Å². The van der Waals surface area contributed by atoms with Crippen molar-refractivity contribution < 1.29 is 29.6 Å². The van der Waals surface area contributed by atoms with E-state index in [1.165, 1.54) is 10.9 Å². The summed E-state index contributed by atoms with van der Waals surface area (Å²) in [5.41, 5.74) is 0.865. The number of aromatic nitrogens is 4. The molecule has 3 N–H and O–H groups in total. The van der Waals surface area contributed by atoms with Crippen molar-refractivity contribution in [3.8, 4) is 0 Å². The van der Waals surface area contributed by atoms with Crippen molar-refractivity contribution in [3.63, 3.8) is 0 Å². The molecule has 1 saturated heterocycles. The number of aliphatic hydroxyl groups is 3. The van der Waals surface area contributed by atoms with E-state index in [4.69, 9.17) is 21.1 Å². The maximum atomic E-state index is 12.1. The molecular formula is C18H17ClN4O6. The number of hydrogen-bond donors (Lipinski definition) is 3. The monoisotopic (exact) mass is 420 g/mol. The van der Waals surface area contributed by atoms with E-state index in [0.29, 0.717) is 5.56 Å². The molecule has 2 aromatic heterocycles. The first-order valence-corrected chi connectivity index (χ1v) is 9.11. The Morgan fingerprint density at radius 2 is 1.97 bits per heavy atom. The fraction of sp³-hybridized carbons (Fsp3) is 0.333. The van der Waals surface area contributed by atoms with Crippen LogP contribution in [0.1, 0.15) is 22.4 Å². The predicted octanol–water partition coefficient (Wildman–Crippen LogP) is 0.448. The van der Waals surface area contributed by atoms with Crippen LogP contribution in [-0.4, -0.2) is 65.7 Å². The van der Waals surface area contributed by atoms with Gasteiger partial charge in [0, 0.05) is 0 Å². The standard InChI is InChI=1S/C18H17ClN4O6/c19-15-12-16(23(8-20-12)17-14(26)13(25)10(6-24)29-17)22-11(21-15)7-28-18(27)9-4-2-1-3-5-9/h1-5,8,10,13-14,17,24-26H,6-7H2/t10-,13-,14-,17-/m1/s1. The van der Waals surface area contributed by atoms with Crippen LogP contribution < -0.4 is 0 Å². The Morgan fingerprint density at radius 3 is 2.66 bits per heavy atom. The van der Waals surface area contributed by atoms with Crippen LogP contribution in [0.4, 0.5) is 0 Å². The van der Waals surface area contributed by atoms with Gasteiger partial charge in [0.15, 0.2) is 29.5 Å². The summed E-state index contributed by atoms with van der Waals surface area (Å²) in [7, 11) is 0. The second-order valence-corrected chi connectivity index (χ2v) is 6.78. The smallest absolute Gasteiger partial charge is 0.338 e. The van der Waals surface area contributed by atoms with Gasteiger partial charge in [-0.05, 0) is 12.1 Å². The predicted molar refractivity (Wildman–Crippen MR) is 98.9 cm³/mol. The highest BCUT2D eigenvalue weighted by Crippen LogP contribution is 2.32. The molecule has 4 rings (SSSR count). The number of carbonyl (C=O) groups excluding carboxylic acids is 1. The molecule has 1 aliphatic heterocycles. The van der Waals surface area contributed by atoms with Gasteiger partial charge in [0.05, 0.1) is 18.5 Å². The van der Waals surface area contributed by atoms with Gasteiger partial charge < -0.3 is 24.8 Å². The summed E-state index contributed by atoms with van der Waals surface area (Å²) in [6.45, 7) is -0.692. The minimum Gasteiger partial charge on any atom is -0.454 e. The molecule has 1 fully saturated rings. The second kappa shape index (κ2) is 8.01. The van der Waals surface area contributed by atoms with Gasteiger partial charge in [-0.3, -0.25) is 4.57 Å². The number of halogens is 1. The summed E-state index contributed by atoms with van der Waals surface area (Å²) in [5, 5.41) is 29.5. The van der Waals surface area contributed by atoms with E-state index < -0.39 is 37.1 Å². The van der Waals surface area contributed by atoms with Crippen LogP contribution in [-0.2, 0) is 16.1 Å². The maximum Gasteiger partial charge on any atom is 0.338 e.